The first-order chi connectivity index (χ1) is 8.95. The van der Waals surface area contributed by atoms with E-state index in [1.807, 2.05) is 0 Å². The Balaban J connectivity index is 0.00000200. The predicted molar refractivity (Wildman–Crippen MR) is 77.8 cm³/mol. The summed E-state index contributed by atoms with van der Waals surface area (Å²) in [6.45, 7) is 0.817. The van der Waals surface area contributed by atoms with Crippen LogP contribution < -0.4 is 15.8 Å². The first-order valence-electron chi connectivity index (χ1n) is 5.69. The van der Waals surface area contributed by atoms with Crippen molar-refractivity contribution in [3.05, 3.63) is 28.7 Å². The van der Waals surface area contributed by atoms with Crippen molar-refractivity contribution in [3.63, 3.8) is 0 Å². The number of nitrogens with zero attached hydrogens (tertiary/aromatic N) is 1. The lowest BCUT2D eigenvalue weighted by Gasteiger charge is -2.06. The lowest BCUT2D eigenvalue weighted by atomic mass is 10.3. The van der Waals surface area contributed by atoms with Crippen molar-refractivity contribution in [2.75, 3.05) is 20.1 Å². The van der Waals surface area contributed by atoms with Gasteiger partial charge in [0.05, 0.1) is 10.4 Å². The summed E-state index contributed by atoms with van der Waals surface area (Å²) < 4.78 is 32.7. The number of rotatable bonds is 5. The SMILES string of the molecule is CNCCNS(=O)(=O)c1ccc2c(c1)oc(=O)n2C.Cl. The van der Waals surface area contributed by atoms with Crippen LogP contribution in [0.1, 0.15) is 0 Å². The normalized spacial score (nSPS) is 11.5. The number of fused-ring (bicyclic) bond motifs is 1. The Bertz CT molecular complexity index is 751. The highest BCUT2D eigenvalue weighted by Crippen LogP contribution is 2.17. The first-order valence-corrected chi connectivity index (χ1v) is 7.18. The van der Waals surface area contributed by atoms with Crippen LogP contribution in [0.5, 0.6) is 0 Å². The van der Waals surface area contributed by atoms with Crippen molar-refractivity contribution >= 4 is 33.5 Å². The van der Waals surface area contributed by atoms with E-state index in [0.29, 0.717) is 12.1 Å². The van der Waals surface area contributed by atoms with Gasteiger partial charge in [-0.1, -0.05) is 0 Å². The van der Waals surface area contributed by atoms with Gasteiger partial charge in [-0.2, -0.15) is 0 Å². The van der Waals surface area contributed by atoms with Gasteiger partial charge in [0, 0.05) is 26.2 Å². The van der Waals surface area contributed by atoms with Crippen LogP contribution in [-0.2, 0) is 17.1 Å². The third-order valence-corrected chi connectivity index (χ3v) is 4.20. The van der Waals surface area contributed by atoms with Gasteiger partial charge < -0.3 is 9.73 Å². The minimum atomic E-state index is -3.59. The van der Waals surface area contributed by atoms with E-state index in [1.165, 1.54) is 16.7 Å². The van der Waals surface area contributed by atoms with Crippen molar-refractivity contribution in [1.29, 1.82) is 0 Å². The molecule has 0 unspecified atom stereocenters. The standard InChI is InChI=1S/C11H15N3O4S.ClH/c1-12-5-6-13-19(16,17)8-3-4-9-10(7-8)18-11(15)14(9)2;/h3-4,7,12-13H,5-6H2,1-2H3;1H. The molecule has 0 amide bonds. The van der Waals surface area contributed by atoms with Gasteiger partial charge in [-0.15, -0.1) is 12.4 Å². The van der Waals surface area contributed by atoms with E-state index in [-0.39, 0.29) is 29.4 Å². The van der Waals surface area contributed by atoms with Gasteiger partial charge >= 0.3 is 5.76 Å². The van der Waals surface area contributed by atoms with Crippen LogP contribution in [0.15, 0.2) is 32.3 Å². The van der Waals surface area contributed by atoms with E-state index in [4.69, 9.17) is 4.42 Å². The fraction of sp³-hybridized carbons (Fsp3) is 0.364. The van der Waals surface area contributed by atoms with Crippen molar-refractivity contribution in [1.82, 2.24) is 14.6 Å². The average molecular weight is 322 g/mol. The van der Waals surface area contributed by atoms with Crippen molar-refractivity contribution in [2.45, 2.75) is 4.90 Å². The maximum atomic E-state index is 12.0. The maximum absolute atomic E-state index is 12.0. The molecule has 1 heterocycles. The quantitative estimate of drug-likeness (QED) is 0.759. The van der Waals surface area contributed by atoms with E-state index in [1.54, 1.807) is 20.2 Å². The molecule has 2 N–H and O–H groups in total. The molecule has 0 atom stereocenters. The summed E-state index contributed by atoms with van der Waals surface area (Å²) in [6.07, 6.45) is 0. The molecule has 0 aliphatic rings. The molecular formula is C11H16ClN3O4S. The number of benzene rings is 1. The van der Waals surface area contributed by atoms with Crippen LogP contribution in [0.2, 0.25) is 0 Å². The molecule has 0 spiro atoms. The largest absolute Gasteiger partial charge is 0.419 e. The lowest BCUT2D eigenvalue weighted by Crippen LogP contribution is -2.30. The first kappa shape index (κ1) is 16.7. The van der Waals surface area contributed by atoms with E-state index >= 15 is 0 Å². The minimum absolute atomic E-state index is 0. The molecule has 0 fully saturated rings. The van der Waals surface area contributed by atoms with Gasteiger partial charge in [0.15, 0.2) is 5.58 Å². The molecule has 0 saturated heterocycles. The third kappa shape index (κ3) is 3.21. The molecule has 2 rings (SSSR count). The summed E-state index contributed by atoms with van der Waals surface area (Å²) >= 11 is 0. The van der Waals surface area contributed by atoms with Crippen LogP contribution in [0.3, 0.4) is 0 Å². The maximum Gasteiger partial charge on any atom is 0.419 e. The van der Waals surface area contributed by atoms with E-state index in [2.05, 4.69) is 10.0 Å². The van der Waals surface area contributed by atoms with Gasteiger partial charge in [0.25, 0.3) is 0 Å². The second-order valence-corrected chi connectivity index (χ2v) is 5.82. The van der Waals surface area contributed by atoms with Crippen LogP contribution in [-0.4, -0.2) is 33.1 Å². The monoisotopic (exact) mass is 321 g/mol. The Kier molecular flexibility index (Phi) is 5.35. The van der Waals surface area contributed by atoms with E-state index < -0.39 is 15.8 Å². The van der Waals surface area contributed by atoms with Crippen molar-refractivity contribution in [3.8, 4) is 0 Å². The van der Waals surface area contributed by atoms with Gasteiger partial charge in [-0.05, 0) is 19.2 Å². The summed E-state index contributed by atoms with van der Waals surface area (Å²) in [4.78, 5) is 11.4. The second-order valence-electron chi connectivity index (χ2n) is 4.06. The summed E-state index contributed by atoms with van der Waals surface area (Å²) in [5, 5.41) is 2.84. The van der Waals surface area contributed by atoms with Crippen LogP contribution >= 0.6 is 12.4 Å². The molecule has 7 nitrogen and oxygen atoms in total. The number of hydrogen-bond donors (Lipinski definition) is 2. The fourth-order valence-corrected chi connectivity index (χ4v) is 2.72. The molecule has 20 heavy (non-hydrogen) atoms. The number of hydrogen-bond acceptors (Lipinski definition) is 5. The molecule has 0 aliphatic heterocycles. The highest BCUT2D eigenvalue weighted by atomic mass is 35.5. The minimum Gasteiger partial charge on any atom is -0.408 e. The average Bonchev–Trinajstić information content (AvgIpc) is 2.65. The molecule has 9 heteroatoms. The van der Waals surface area contributed by atoms with E-state index in [0.717, 1.165) is 0 Å². The number of sulfonamides is 1. The van der Waals surface area contributed by atoms with Crippen LogP contribution in [0.25, 0.3) is 11.1 Å². The molecule has 1 aromatic heterocycles. The number of oxazole rings is 1. The molecule has 1 aromatic carbocycles. The van der Waals surface area contributed by atoms with E-state index in [9.17, 15) is 13.2 Å². The zero-order chi connectivity index (χ0) is 14.0. The summed E-state index contributed by atoms with van der Waals surface area (Å²) in [7, 11) is -0.291. The molecular weight excluding hydrogens is 306 g/mol. The number of halogens is 1. The van der Waals surface area contributed by atoms with Crippen molar-refractivity contribution in [2.24, 2.45) is 7.05 Å². The van der Waals surface area contributed by atoms with Gasteiger partial charge in [-0.3, -0.25) is 4.57 Å². The Hall–Kier alpha value is -1.35. The fourth-order valence-electron chi connectivity index (χ4n) is 1.68. The number of likely N-dealkylation sites (N-methyl/N-ethyl adjacent to an activating group) is 1. The molecule has 0 saturated carbocycles. The van der Waals surface area contributed by atoms with Crippen molar-refractivity contribution < 1.29 is 12.8 Å². The molecule has 112 valence electrons. The Morgan fingerprint density at radius 3 is 2.65 bits per heavy atom. The Morgan fingerprint density at radius 1 is 1.30 bits per heavy atom. The topological polar surface area (TPSA) is 93.3 Å². The molecule has 2 aromatic rings. The Morgan fingerprint density at radius 2 is 2.00 bits per heavy atom. The Labute approximate surface area is 122 Å². The highest BCUT2D eigenvalue weighted by Gasteiger charge is 2.16. The summed E-state index contributed by atoms with van der Waals surface area (Å²) in [5.41, 5.74) is 0.808. The molecule has 0 aliphatic carbocycles. The van der Waals surface area contributed by atoms with Crippen LogP contribution in [0.4, 0.5) is 0 Å². The summed E-state index contributed by atoms with van der Waals surface area (Å²) in [6, 6.07) is 4.34. The third-order valence-electron chi connectivity index (χ3n) is 2.74. The van der Waals surface area contributed by atoms with Gasteiger partial charge in [0.1, 0.15) is 0 Å². The predicted octanol–water partition coefficient (Wildman–Crippen LogP) is 0.0510. The number of aryl methyl sites for hydroxylation is 1. The molecule has 0 bridgehead atoms. The second kappa shape index (κ2) is 6.40. The van der Waals surface area contributed by atoms with Crippen LogP contribution in [0, 0.1) is 0 Å². The van der Waals surface area contributed by atoms with Gasteiger partial charge in [0.2, 0.25) is 10.0 Å². The number of nitrogens with one attached hydrogen (secondary N) is 2. The zero-order valence-corrected chi connectivity index (χ0v) is 12.7. The highest BCUT2D eigenvalue weighted by molar-refractivity contribution is 7.89. The smallest absolute Gasteiger partial charge is 0.408 e. The number of aromatic nitrogens is 1. The lowest BCUT2D eigenvalue weighted by molar-refractivity contribution is 0.527. The zero-order valence-electron chi connectivity index (χ0n) is 11.0. The summed E-state index contributed by atoms with van der Waals surface area (Å²) in [5.74, 6) is -0.521. The van der Waals surface area contributed by atoms with Gasteiger partial charge in [-0.25, -0.2) is 17.9 Å². The molecule has 0 radical (unpaired) electrons.